The lowest BCUT2D eigenvalue weighted by molar-refractivity contribution is -0.186. The molecule has 0 unspecified atom stereocenters. The average Bonchev–Trinajstić information content (AvgIpc) is 2.94. The van der Waals surface area contributed by atoms with E-state index in [1.807, 2.05) is 0 Å². The van der Waals surface area contributed by atoms with Gasteiger partial charge in [-0.25, -0.2) is 0 Å². The van der Waals surface area contributed by atoms with Crippen LogP contribution in [0, 0.1) is 28.6 Å². The van der Waals surface area contributed by atoms with Crippen molar-refractivity contribution in [3.63, 3.8) is 0 Å². The summed E-state index contributed by atoms with van der Waals surface area (Å²) in [5.41, 5.74) is 0.441. The number of esters is 1. The molecule has 0 spiro atoms. The van der Waals surface area contributed by atoms with E-state index in [1.54, 1.807) is 14.0 Å². The zero-order valence-electron chi connectivity index (χ0n) is 18.0. The third-order valence-electron chi connectivity index (χ3n) is 9.00. The molecular weight excluding hydrogens is 352 g/mol. The molecule has 0 saturated heterocycles. The van der Waals surface area contributed by atoms with Crippen molar-refractivity contribution in [3.8, 4) is 0 Å². The second kappa shape index (κ2) is 6.47. The van der Waals surface area contributed by atoms with E-state index >= 15 is 0 Å². The van der Waals surface area contributed by atoms with Crippen LogP contribution in [0.25, 0.3) is 0 Å². The number of allylic oxidation sites excluding steroid dienone is 4. The van der Waals surface area contributed by atoms with E-state index in [9.17, 15) is 9.59 Å². The Morgan fingerprint density at radius 3 is 2.43 bits per heavy atom. The number of hydrogen-bond donors (Lipinski definition) is 0. The molecule has 0 heterocycles. The molecule has 6 atom stereocenters. The molecule has 28 heavy (non-hydrogen) atoms. The molecule has 0 radical (unpaired) electrons. The molecule has 2 saturated carbocycles. The predicted molar refractivity (Wildman–Crippen MR) is 107 cm³/mol. The smallest absolute Gasteiger partial charge is 0.303 e. The van der Waals surface area contributed by atoms with Crippen LogP contribution in [-0.2, 0) is 19.1 Å². The Hall–Kier alpha value is -1.58. The highest BCUT2D eigenvalue weighted by molar-refractivity contribution is 5.89. The van der Waals surface area contributed by atoms with Crippen LogP contribution in [0.5, 0.6) is 0 Å². The zero-order chi connectivity index (χ0) is 20.3. The number of ketones is 1. The first kappa shape index (κ1) is 19.7. The van der Waals surface area contributed by atoms with E-state index < -0.39 is 5.60 Å². The molecule has 2 fully saturated rings. The van der Waals surface area contributed by atoms with Crippen molar-refractivity contribution in [2.45, 2.75) is 78.2 Å². The molecular formula is C24H34O4. The highest BCUT2D eigenvalue weighted by Gasteiger charge is 2.67. The van der Waals surface area contributed by atoms with Gasteiger partial charge >= 0.3 is 5.97 Å². The summed E-state index contributed by atoms with van der Waals surface area (Å²) in [6.45, 7) is 7.70. The third kappa shape index (κ3) is 2.48. The maximum atomic E-state index is 12.8. The first-order chi connectivity index (χ1) is 13.2. The molecule has 0 aliphatic heterocycles. The average molecular weight is 387 g/mol. The number of hydrogen-bond acceptors (Lipinski definition) is 4. The van der Waals surface area contributed by atoms with Crippen LogP contribution in [0.4, 0.5) is 0 Å². The van der Waals surface area contributed by atoms with Crippen LogP contribution in [0.3, 0.4) is 0 Å². The van der Waals surface area contributed by atoms with Gasteiger partial charge in [0.05, 0.1) is 12.9 Å². The Bertz CT molecular complexity index is 765. The van der Waals surface area contributed by atoms with Crippen molar-refractivity contribution in [3.05, 3.63) is 23.5 Å². The molecule has 0 aromatic carbocycles. The van der Waals surface area contributed by atoms with Gasteiger partial charge in [0.15, 0.2) is 11.4 Å². The van der Waals surface area contributed by atoms with Crippen molar-refractivity contribution >= 4 is 11.8 Å². The van der Waals surface area contributed by atoms with Crippen molar-refractivity contribution in [1.82, 2.24) is 0 Å². The fraction of sp³-hybridized carbons (Fsp3) is 0.750. The van der Waals surface area contributed by atoms with E-state index in [-0.39, 0.29) is 22.6 Å². The van der Waals surface area contributed by atoms with Gasteiger partial charge in [0.25, 0.3) is 0 Å². The Balaban J connectivity index is 1.71. The number of methoxy groups -OCH3 is 1. The number of carbonyl (C=O) groups excluding carboxylic acids is 2. The van der Waals surface area contributed by atoms with E-state index in [0.717, 1.165) is 44.3 Å². The van der Waals surface area contributed by atoms with Gasteiger partial charge in [-0.3, -0.25) is 9.59 Å². The normalized spacial score (nSPS) is 44.4. The van der Waals surface area contributed by atoms with Gasteiger partial charge in [0, 0.05) is 18.8 Å². The molecule has 0 aromatic heterocycles. The van der Waals surface area contributed by atoms with Crippen LogP contribution < -0.4 is 0 Å². The zero-order valence-corrected chi connectivity index (χ0v) is 18.0. The van der Waals surface area contributed by atoms with Crippen LogP contribution in [0.1, 0.15) is 72.6 Å². The first-order valence-electron chi connectivity index (χ1n) is 10.8. The van der Waals surface area contributed by atoms with Crippen LogP contribution in [0.2, 0.25) is 0 Å². The minimum absolute atomic E-state index is 0.0229. The highest BCUT2D eigenvalue weighted by Crippen LogP contribution is 2.67. The third-order valence-corrected chi connectivity index (χ3v) is 9.00. The lowest BCUT2D eigenvalue weighted by Gasteiger charge is -2.58. The van der Waals surface area contributed by atoms with Gasteiger partial charge in [0.2, 0.25) is 0 Å². The van der Waals surface area contributed by atoms with Crippen molar-refractivity contribution in [2.75, 3.05) is 7.11 Å². The van der Waals surface area contributed by atoms with E-state index in [2.05, 4.69) is 26.0 Å². The quantitative estimate of drug-likeness (QED) is 0.642. The second-order valence-corrected chi connectivity index (χ2v) is 9.98. The summed E-state index contributed by atoms with van der Waals surface area (Å²) >= 11 is 0. The molecule has 4 heteroatoms. The van der Waals surface area contributed by atoms with Gasteiger partial charge < -0.3 is 9.47 Å². The molecule has 4 aliphatic rings. The Kier molecular flexibility index (Phi) is 4.55. The van der Waals surface area contributed by atoms with Crippen molar-refractivity contribution < 1.29 is 19.1 Å². The molecule has 0 aromatic rings. The van der Waals surface area contributed by atoms with Crippen LogP contribution >= 0.6 is 0 Å². The fourth-order valence-electron chi connectivity index (χ4n) is 7.52. The second-order valence-electron chi connectivity index (χ2n) is 9.98. The lowest BCUT2D eigenvalue weighted by Crippen LogP contribution is -2.58. The fourth-order valence-corrected chi connectivity index (χ4v) is 7.52. The van der Waals surface area contributed by atoms with Gasteiger partial charge in [-0.05, 0) is 80.3 Å². The van der Waals surface area contributed by atoms with Crippen molar-refractivity contribution in [2.24, 2.45) is 28.6 Å². The first-order valence-corrected chi connectivity index (χ1v) is 10.8. The van der Waals surface area contributed by atoms with Crippen LogP contribution in [0.15, 0.2) is 23.5 Å². The maximum Gasteiger partial charge on any atom is 0.303 e. The molecule has 0 bridgehead atoms. The summed E-state index contributed by atoms with van der Waals surface area (Å²) in [6, 6.07) is 0. The van der Waals surface area contributed by atoms with E-state index in [0.29, 0.717) is 24.2 Å². The molecule has 4 aliphatic carbocycles. The minimum Gasteiger partial charge on any atom is -0.501 e. The lowest BCUT2D eigenvalue weighted by atomic mass is 9.47. The Labute approximate surface area is 168 Å². The molecule has 154 valence electrons. The SMILES string of the molecule is COC1=CC2=CC[C@H]3[C@H]4CC[C@](OC(C)=O)(C(C)=O)[C@]4(C)CC[C@@H]3[C@]2(C)CC1. The van der Waals surface area contributed by atoms with Gasteiger partial charge in [-0.1, -0.05) is 19.9 Å². The molecule has 4 rings (SSSR count). The minimum atomic E-state index is -0.935. The molecule has 0 N–H and O–H groups in total. The largest absolute Gasteiger partial charge is 0.501 e. The number of fused-ring (bicyclic) bond motifs is 5. The predicted octanol–water partition coefficient (Wildman–Crippen LogP) is 4.98. The maximum absolute atomic E-state index is 12.8. The van der Waals surface area contributed by atoms with E-state index in [1.165, 1.54) is 12.5 Å². The summed E-state index contributed by atoms with van der Waals surface area (Å²) in [6.07, 6.45) is 11.6. The topological polar surface area (TPSA) is 52.6 Å². The molecule has 0 amide bonds. The number of carbonyl (C=O) groups is 2. The van der Waals surface area contributed by atoms with Crippen molar-refractivity contribution in [1.29, 1.82) is 0 Å². The van der Waals surface area contributed by atoms with Crippen LogP contribution in [-0.4, -0.2) is 24.5 Å². The summed E-state index contributed by atoms with van der Waals surface area (Å²) in [7, 11) is 1.77. The standard InChI is InChI=1S/C24H34O4/c1-15(25)24(28-16(2)26)13-10-21-19-7-6-17-14-18(27-5)8-11-22(17,3)20(19)9-12-23(21,24)4/h6,14,19-21H,7-13H2,1-5H3/t19-,20+,21-,22-,23-,24+/m1/s1. The summed E-state index contributed by atoms with van der Waals surface area (Å²) in [5, 5.41) is 0. The summed E-state index contributed by atoms with van der Waals surface area (Å²) in [5.74, 6) is 2.39. The number of ether oxygens (including phenoxy) is 2. The van der Waals surface area contributed by atoms with E-state index in [4.69, 9.17) is 9.47 Å². The monoisotopic (exact) mass is 386 g/mol. The Morgan fingerprint density at radius 1 is 1.07 bits per heavy atom. The van der Waals surface area contributed by atoms with Gasteiger partial charge in [-0.2, -0.15) is 0 Å². The summed E-state index contributed by atoms with van der Waals surface area (Å²) < 4.78 is 11.4. The summed E-state index contributed by atoms with van der Waals surface area (Å²) in [4.78, 5) is 24.7. The number of rotatable bonds is 3. The highest BCUT2D eigenvalue weighted by atomic mass is 16.6. The molecule has 4 nitrogen and oxygen atoms in total. The van der Waals surface area contributed by atoms with Gasteiger partial charge in [0.1, 0.15) is 0 Å². The Morgan fingerprint density at radius 2 is 1.79 bits per heavy atom. The van der Waals surface area contributed by atoms with Gasteiger partial charge in [-0.15, -0.1) is 0 Å². The number of Topliss-reactive ketones (excluding diaryl/α,β-unsaturated/α-hetero) is 1.